The Morgan fingerprint density at radius 3 is 1.72 bits per heavy atom. The second kappa shape index (κ2) is 7.23. The van der Waals surface area contributed by atoms with Crippen LogP contribution in [-0.4, -0.2) is 27.9 Å². The lowest BCUT2D eigenvalue weighted by Gasteiger charge is -2.31. The molecule has 1 saturated heterocycles. The smallest absolute Gasteiger partial charge is 0.468 e. The van der Waals surface area contributed by atoms with Gasteiger partial charge in [-0.05, 0) is 12.1 Å². The summed E-state index contributed by atoms with van der Waals surface area (Å²) in [4.78, 5) is 0. The molecule has 0 unspecified atom stereocenters. The van der Waals surface area contributed by atoms with E-state index in [9.17, 15) is 0 Å². The lowest BCUT2D eigenvalue weighted by Crippen LogP contribution is -2.66. The molecular formula is C21H20O3Si. The second-order valence-corrected chi connectivity index (χ2v) is 8.91. The van der Waals surface area contributed by atoms with Crippen LogP contribution in [0.4, 0.5) is 0 Å². The van der Waals surface area contributed by atoms with Gasteiger partial charge in [0.1, 0.15) is 11.9 Å². The Bertz CT molecular complexity index is 750. The zero-order chi connectivity index (χ0) is 17.0. The average Bonchev–Trinajstić information content (AvgIpc) is 3.52. The number of para-hydroxylation sites is 1. The highest BCUT2D eigenvalue weighted by molar-refractivity contribution is 6.93. The first-order valence-electron chi connectivity index (χ1n) is 8.47. The molecule has 1 aliphatic heterocycles. The number of hydrogen-bond donors (Lipinski definition) is 0. The van der Waals surface area contributed by atoms with Crippen LogP contribution in [0.2, 0.25) is 0 Å². The van der Waals surface area contributed by atoms with E-state index >= 15 is 0 Å². The van der Waals surface area contributed by atoms with Gasteiger partial charge in [0.2, 0.25) is 0 Å². The molecule has 1 fully saturated rings. The SMILES string of the molecule is c1ccc(O[Si](OC[C@@H]2CO2)(c2ccccc2)c2ccccc2)cc1. The normalized spacial score (nSPS) is 16.4. The van der Waals surface area contributed by atoms with E-state index in [-0.39, 0.29) is 6.10 Å². The predicted molar refractivity (Wildman–Crippen MR) is 101 cm³/mol. The Morgan fingerprint density at radius 1 is 0.760 bits per heavy atom. The molecule has 3 aromatic carbocycles. The summed E-state index contributed by atoms with van der Waals surface area (Å²) in [5, 5.41) is 2.18. The van der Waals surface area contributed by atoms with Crippen LogP contribution < -0.4 is 14.8 Å². The zero-order valence-electron chi connectivity index (χ0n) is 13.9. The third kappa shape index (κ3) is 3.66. The number of epoxide rings is 1. The predicted octanol–water partition coefficient (Wildman–Crippen LogP) is 2.74. The Morgan fingerprint density at radius 2 is 1.24 bits per heavy atom. The van der Waals surface area contributed by atoms with Crippen LogP contribution in [0.25, 0.3) is 0 Å². The Kier molecular flexibility index (Phi) is 4.65. The molecule has 0 aromatic heterocycles. The molecule has 1 heterocycles. The highest BCUT2D eigenvalue weighted by Crippen LogP contribution is 2.19. The first-order chi connectivity index (χ1) is 12.4. The molecule has 0 amide bonds. The van der Waals surface area contributed by atoms with Crippen molar-refractivity contribution in [3.05, 3.63) is 91.0 Å². The molecule has 3 aromatic rings. The van der Waals surface area contributed by atoms with Gasteiger partial charge < -0.3 is 13.6 Å². The van der Waals surface area contributed by atoms with Crippen LogP contribution in [0.15, 0.2) is 91.0 Å². The van der Waals surface area contributed by atoms with Crippen molar-refractivity contribution in [2.45, 2.75) is 6.10 Å². The molecule has 0 saturated carbocycles. The molecule has 3 nitrogen and oxygen atoms in total. The van der Waals surface area contributed by atoms with Gasteiger partial charge in [0, 0.05) is 10.4 Å². The van der Waals surface area contributed by atoms with Crippen molar-refractivity contribution in [1.82, 2.24) is 0 Å². The van der Waals surface area contributed by atoms with Gasteiger partial charge >= 0.3 is 8.56 Å². The van der Waals surface area contributed by atoms with Crippen LogP contribution in [-0.2, 0) is 9.16 Å². The minimum Gasteiger partial charge on any atom is -0.514 e. The second-order valence-electron chi connectivity index (χ2n) is 6.03. The van der Waals surface area contributed by atoms with Crippen molar-refractivity contribution >= 4 is 18.9 Å². The van der Waals surface area contributed by atoms with Crippen molar-refractivity contribution in [3.63, 3.8) is 0 Å². The fraction of sp³-hybridized carbons (Fsp3) is 0.143. The van der Waals surface area contributed by atoms with Gasteiger partial charge in [-0.2, -0.15) is 0 Å². The van der Waals surface area contributed by atoms with E-state index in [1.54, 1.807) is 0 Å². The molecule has 1 aliphatic rings. The summed E-state index contributed by atoms with van der Waals surface area (Å²) in [7, 11) is -2.89. The van der Waals surface area contributed by atoms with Crippen molar-refractivity contribution < 1.29 is 13.6 Å². The summed E-state index contributed by atoms with van der Waals surface area (Å²) in [6, 6.07) is 30.4. The summed E-state index contributed by atoms with van der Waals surface area (Å²) in [6.45, 7) is 1.31. The zero-order valence-corrected chi connectivity index (χ0v) is 14.9. The molecule has 0 spiro atoms. The van der Waals surface area contributed by atoms with Gasteiger partial charge in [-0.3, -0.25) is 0 Å². The van der Waals surface area contributed by atoms with E-state index < -0.39 is 8.56 Å². The minimum atomic E-state index is -2.89. The number of hydrogen-bond acceptors (Lipinski definition) is 3. The topological polar surface area (TPSA) is 31.0 Å². The fourth-order valence-corrected chi connectivity index (χ4v) is 5.94. The Labute approximate surface area is 149 Å². The van der Waals surface area contributed by atoms with Crippen molar-refractivity contribution in [2.75, 3.05) is 13.2 Å². The van der Waals surface area contributed by atoms with Crippen LogP contribution in [0.1, 0.15) is 0 Å². The molecule has 0 bridgehead atoms. The van der Waals surface area contributed by atoms with Gasteiger partial charge in [0.25, 0.3) is 0 Å². The monoisotopic (exact) mass is 348 g/mol. The molecule has 4 heteroatoms. The van der Waals surface area contributed by atoms with Crippen molar-refractivity contribution in [1.29, 1.82) is 0 Å². The fourth-order valence-electron chi connectivity index (χ4n) is 2.82. The van der Waals surface area contributed by atoms with Crippen molar-refractivity contribution in [2.24, 2.45) is 0 Å². The summed E-state index contributed by atoms with van der Waals surface area (Å²) < 4.78 is 18.5. The van der Waals surface area contributed by atoms with Crippen molar-refractivity contribution in [3.8, 4) is 5.75 Å². The van der Waals surface area contributed by atoms with Gasteiger partial charge in [-0.1, -0.05) is 78.9 Å². The molecule has 0 N–H and O–H groups in total. The molecule has 126 valence electrons. The first kappa shape index (κ1) is 16.1. The van der Waals surface area contributed by atoms with Crippen LogP contribution in [0.3, 0.4) is 0 Å². The standard InChI is InChI=1S/C21H20O3Si/c1-4-10-18(11-5-1)24-25(23-17-19-16-22-19,20-12-6-2-7-13-20)21-14-8-3-9-15-21/h1-15,19H,16-17H2/t19-/m0/s1. The Balaban J connectivity index is 1.80. The van der Waals surface area contributed by atoms with Gasteiger partial charge in [-0.15, -0.1) is 0 Å². The molecule has 4 rings (SSSR count). The molecule has 1 atom stereocenters. The van der Waals surface area contributed by atoms with E-state index in [1.807, 2.05) is 66.7 Å². The average molecular weight is 348 g/mol. The summed E-state index contributed by atoms with van der Waals surface area (Å²) in [5.41, 5.74) is 0. The minimum absolute atomic E-state index is 0.179. The first-order valence-corrected chi connectivity index (χ1v) is 10.3. The summed E-state index contributed by atoms with van der Waals surface area (Å²) in [6.07, 6.45) is 0.179. The van der Waals surface area contributed by atoms with Crippen LogP contribution >= 0.6 is 0 Å². The largest absolute Gasteiger partial charge is 0.514 e. The van der Waals surface area contributed by atoms with Gasteiger partial charge in [0.15, 0.2) is 0 Å². The maximum atomic E-state index is 6.61. The molecule has 0 aliphatic carbocycles. The van der Waals surface area contributed by atoms with E-state index in [2.05, 4.69) is 24.3 Å². The molecular weight excluding hydrogens is 328 g/mol. The molecule has 25 heavy (non-hydrogen) atoms. The lowest BCUT2D eigenvalue weighted by atomic mass is 10.3. The van der Waals surface area contributed by atoms with Gasteiger partial charge in [0.05, 0.1) is 13.2 Å². The number of benzene rings is 3. The van der Waals surface area contributed by atoms with E-state index in [1.165, 1.54) is 0 Å². The maximum absolute atomic E-state index is 6.61. The maximum Gasteiger partial charge on any atom is 0.468 e. The van der Waals surface area contributed by atoms with Crippen LogP contribution in [0.5, 0.6) is 5.75 Å². The lowest BCUT2D eigenvalue weighted by molar-refractivity contribution is 0.225. The summed E-state index contributed by atoms with van der Waals surface area (Å²) >= 11 is 0. The quantitative estimate of drug-likeness (QED) is 0.486. The highest BCUT2D eigenvalue weighted by Gasteiger charge is 2.46. The third-order valence-electron chi connectivity index (χ3n) is 4.19. The van der Waals surface area contributed by atoms with Crippen LogP contribution in [0, 0.1) is 0 Å². The molecule has 0 radical (unpaired) electrons. The Hall–Kier alpha value is -2.40. The number of ether oxygens (including phenoxy) is 1. The summed E-state index contributed by atoms with van der Waals surface area (Å²) in [5.74, 6) is 0.818. The van der Waals surface area contributed by atoms with Gasteiger partial charge in [-0.25, -0.2) is 0 Å². The third-order valence-corrected chi connectivity index (χ3v) is 7.47. The number of rotatable bonds is 7. The highest BCUT2D eigenvalue weighted by atomic mass is 28.4. The van der Waals surface area contributed by atoms with E-state index in [0.717, 1.165) is 22.7 Å². The van der Waals surface area contributed by atoms with E-state index in [4.69, 9.17) is 13.6 Å². The van der Waals surface area contributed by atoms with E-state index in [0.29, 0.717) is 6.61 Å².